The van der Waals surface area contributed by atoms with Crippen molar-refractivity contribution < 1.29 is 28.9 Å². The minimum atomic E-state index is -0.337. The zero-order valence-electron chi connectivity index (χ0n) is 27.7. The average molecular weight is 830 g/mol. The molecule has 4 nitrogen and oxygen atoms in total. The molecule has 6 heteroatoms. The molecule has 9 aromatic rings. The van der Waals surface area contributed by atoms with Crippen molar-refractivity contribution in [3.8, 4) is 28.2 Å². The summed E-state index contributed by atoms with van der Waals surface area (Å²) in [7, 11) is 0. The zero-order chi connectivity index (χ0) is 33.5. The summed E-state index contributed by atoms with van der Waals surface area (Å²) >= 11 is 0. The SMILES string of the molecule is CC(C)(C)c1ccc(-c2[c-]cccc2)nc1.Fc1ccc2c(oc3c(-c4ccccn4)[c-]ccc32)c1-n1c2ccccc2c2ccccc21.[Ir]. The number of aromatic nitrogens is 3. The van der Waals surface area contributed by atoms with Crippen molar-refractivity contribution in [2.24, 2.45) is 0 Å². The fourth-order valence-corrected chi connectivity index (χ4v) is 6.39. The Kier molecular flexibility index (Phi) is 8.92. The number of rotatable bonds is 3. The van der Waals surface area contributed by atoms with Gasteiger partial charge in [0.1, 0.15) is 11.3 Å². The largest absolute Gasteiger partial charge is 0.498 e. The molecule has 0 bridgehead atoms. The predicted octanol–water partition coefficient (Wildman–Crippen LogP) is 11.5. The molecule has 0 N–H and O–H groups in total. The van der Waals surface area contributed by atoms with Gasteiger partial charge in [-0.2, -0.15) is 0 Å². The maximum Gasteiger partial charge on any atom is 0.151 e. The fraction of sp³-hybridized carbons (Fsp3) is 0.0909. The van der Waals surface area contributed by atoms with E-state index >= 15 is 4.39 Å². The van der Waals surface area contributed by atoms with Crippen LogP contribution >= 0.6 is 0 Å². The monoisotopic (exact) mass is 830 g/mol. The van der Waals surface area contributed by atoms with E-state index in [1.807, 2.05) is 102 Å². The maximum absolute atomic E-state index is 15.6. The number of para-hydroxylation sites is 2. The third-order valence-corrected chi connectivity index (χ3v) is 8.87. The number of furan rings is 1. The van der Waals surface area contributed by atoms with Crippen LogP contribution in [0.1, 0.15) is 26.3 Å². The first-order valence-corrected chi connectivity index (χ1v) is 16.3. The minimum absolute atomic E-state index is 0. The molecule has 0 amide bonds. The Bertz CT molecular complexity index is 2530. The summed E-state index contributed by atoms with van der Waals surface area (Å²) in [6.07, 6.45) is 3.70. The molecule has 0 atom stereocenters. The molecule has 5 aromatic carbocycles. The van der Waals surface area contributed by atoms with Crippen molar-refractivity contribution in [2.45, 2.75) is 26.2 Å². The van der Waals surface area contributed by atoms with E-state index in [4.69, 9.17) is 4.42 Å². The Morgan fingerprint density at radius 2 is 1.32 bits per heavy atom. The van der Waals surface area contributed by atoms with Crippen LogP contribution < -0.4 is 0 Å². The molecular weight excluding hydrogens is 798 g/mol. The van der Waals surface area contributed by atoms with E-state index in [1.165, 1.54) is 11.6 Å². The molecular formula is C44H32FIrN3O-2. The van der Waals surface area contributed by atoms with Gasteiger partial charge >= 0.3 is 0 Å². The van der Waals surface area contributed by atoms with Crippen LogP contribution in [0.3, 0.4) is 0 Å². The van der Waals surface area contributed by atoms with Gasteiger partial charge < -0.3 is 19.0 Å². The van der Waals surface area contributed by atoms with Crippen LogP contribution in [0.15, 0.2) is 144 Å². The molecule has 4 aromatic heterocycles. The third-order valence-electron chi connectivity index (χ3n) is 8.87. The summed E-state index contributed by atoms with van der Waals surface area (Å²) in [6.45, 7) is 6.58. The van der Waals surface area contributed by atoms with Gasteiger partial charge in [0.25, 0.3) is 0 Å². The summed E-state index contributed by atoms with van der Waals surface area (Å²) in [4.78, 5) is 8.95. The molecule has 0 aliphatic rings. The smallest absolute Gasteiger partial charge is 0.151 e. The molecule has 0 spiro atoms. The maximum atomic E-state index is 15.6. The Labute approximate surface area is 303 Å². The molecule has 0 saturated heterocycles. The molecule has 0 aliphatic heterocycles. The third kappa shape index (κ3) is 5.91. The van der Waals surface area contributed by atoms with Gasteiger partial charge in [0.2, 0.25) is 0 Å². The first-order valence-electron chi connectivity index (χ1n) is 16.3. The van der Waals surface area contributed by atoms with E-state index in [9.17, 15) is 0 Å². The first kappa shape index (κ1) is 33.1. The van der Waals surface area contributed by atoms with Crippen LogP contribution in [0.5, 0.6) is 0 Å². The van der Waals surface area contributed by atoms with Crippen molar-refractivity contribution >= 4 is 43.7 Å². The number of hydrogen-bond donors (Lipinski definition) is 0. The van der Waals surface area contributed by atoms with Gasteiger partial charge in [-0.15, -0.1) is 54.1 Å². The van der Waals surface area contributed by atoms with Crippen LogP contribution in [-0.2, 0) is 25.5 Å². The van der Waals surface area contributed by atoms with Crippen LogP contribution in [0.4, 0.5) is 4.39 Å². The van der Waals surface area contributed by atoms with Crippen molar-refractivity contribution in [1.82, 2.24) is 14.5 Å². The van der Waals surface area contributed by atoms with Gasteiger partial charge in [-0.25, -0.2) is 4.39 Å². The van der Waals surface area contributed by atoms with Gasteiger partial charge in [0, 0.05) is 48.7 Å². The Balaban J connectivity index is 0.000000196. The van der Waals surface area contributed by atoms with E-state index < -0.39 is 0 Å². The Morgan fingerprint density at radius 1 is 0.620 bits per heavy atom. The molecule has 247 valence electrons. The van der Waals surface area contributed by atoms with Crippen LogP contribution in [0, 0.1) is 17.9 Å². The van der Waals surface area contributed by atoms with E-state index in [0.29, 0.717) is 16.9 Å². The van der Waals surface area contributed by atoms with Crippen molar-refractivity contribution in [3.63, 3.8) is 0 Å². The number of benzene rings is 5. The van der Waals surface area contributed by atoms with Crippen molar-refractivity contribution in [2.75, 3.05) is 0 Å². The molecule has 9 rings (SSSR count). The average Bonchev–Trinajstić information content (AvgIpc) is 3.68. The molecule has 0 saturated carbocycles. The summed E-state index contributed by atoms with van der Waals surface area (Å²) in [5, 5.41) is 3.91. The zero-order valence-corrected chi connectivity index (χ0v) is 30.1. The second-order valence-electron chi connectivity index (χ2n) is 13.0. The summed E-state index contributed by atoms with van der Waals surface area (Å²) in [6, 6.07) is 47.5. The first-order chi connectivity index (χ1) is 23.9. The Hall–Kier alpha value is -5.42. The van der Waals surface area contributed by atoms with Gasteiger partial charge in [0.15, 0.2) is 5.82 Å². The summed E-state index contributed by atoms with van der Waals surface area (Å²) in [5.41, 5.74) is 8.40. The number of fused-ring (bicyclic) bond motifs is 6. The topological polar surface area (TPSA) is 43.9 Å². The van der Waals surface area contributed by atoms with E-state index in [1.54, 1.807) is 12.3 Å². The molecule has 0 unspecified atom stereocenters. The van der Waals surface area contributed by atoms with Crippen molar-refractivity contribution in [1.29, 1.82) is 0 Å². The number of nitrogens with zero attached hydrogens (tertiary/aromatic N) is 3. The standard InChI is InChI=1S/C29H16FN2O.C15H16N.Ir/c30-23-16-15-21-20-10-7-11-22(24-12-5-6-17-31-24)28(20)33-29(21)27(23)32-25-13-3-1-8-18(25)19-9-2-4-14-26(19)32;1-15(2,3)13-9-10-14(16-11-13)12-7-5-4-6-8-12;/h1-10,12-17H;4-7,9-11H,1-3H3;/q2*-1;. The van der Waals surface area contributed by atoms with Crippen molar-refractivity contribution in [3.05, 3.63) is 163 Å². The number of hydrogen-bond acceptors (Lipinski definition) is 3. The molecule has 1 radical (unpaired) electrons. The fourth-order valence-electron chi connectivity index (χ4n) is 6.39. The summed E-state index contributed by atoms with van der Waals surface area (Å²) in [5.74, 6) is -0.337. The quantitative estimate of drug-likeness (QED) is 0.167. The van der Waals surface area contributed by atoms with Crippen LogP contribution in [0.2, 0.25) is 0 Å². The molecule has 4 heterocycles. The molecule has 0 aliphatic carbocycles. The van der Waals surface area contributed by atoms with E-state index in [0.717, 1.165) is 55.1 Å². The normalized spacial score (nSPS) is 11.4. The van der Waals surface area contributed by atoms with Crippen LogP contribution in [-0.4, -0.2) is 14.5 Å². The Morgan fingerprint density at radius 3 is 1.96 bits per heavy atom. The second-order valence-corrected chi connectivity index (χ2v) is 13.0. The van der Waals surface area contributed by atoms with Gasteiger partial charge in [-0.3, -0.25) is 0 Å². The van der Waals surface area contributed by atoms with E-state index in [-0.39, 0.29) is 31.3 Å². The van der Waals surface area contributed by atoms with Gasteiger partial charge in [-0.05, 0) is 52.7 Å². The van der Waals surface area contributed by atoms with E-state index in [2.05, 4.69) is 67.1 Å². The molecule has 50 heavy (non-hydrogen) atoms. The minimum Gasteiger partial charge on any atom is -0.498 e. The van der Waals surface area contributed by atoms with Gasteiger partial charge in [0.05, 0.1) is 16.6 Å². The second kappa shape index (κ2) is 13.5. The predicted molar refractivity (Wildman–Crippen MR) is 197 cm³/mol. The van der Waals surface area contributed by atoms with Crippen LogP contribution in [0.25, 0.3) is 71.9 Å². The number of halogens is 1. The number of pyridine rings is 2. The summed E-state index contributed by atoms with van der Waals surface area (Å²) < 4.78 is 24.0. The van der Waals surface area contributed by atoms with Gasteiger partial charge in [-0.1, -0.05) is 92.4 Å². The molecule has 0 fully saturated rings.